The molecule has 1 nitrogen and oxygen atoms in total. The van der Waals surface area contributed by atoms with E-state index in [1.165, 1.54) is 6.42 Å². The Hall–Kier alpha value is -0.300. The number of hydrogen-bond donors (Lipinski definition) is 0. The van der Waals surface area contributed by atoms with E-state index < -0.39 is 0 Å². The first kappa shape index (κ1) is 8.70. The van der Waals surface area contributed by atoms with E-state index in [0.29, 0.717) is 0 Å². The first-order chi connectivity index (χ1) is 4.41. The third-order valence-electron chi connectivity index (χ3n) is 1.25. The van der Waals surface area contributed by atoms with Gasteiger partial charge >= 0.3 is 0 Å². The van der Waals surface area contributed by atoms with E-state index >= 15 is 0 Å². The van der Waals surface area contributed by atoms with Gasteiger partial charge in [0.1, 0.15) is 0 Å². The minimum Gasteiger partial charge on any atom is -0.237 e. The van der Waals surface area contributed by atoms with E-state index in [-0.39, 0.29) is 6.61 Å². The van der Waals surface area contributed by atoms with E-state index in [0.717, 1.165) is 19.3 Å². The van der Waals surface area contributed by atoms with Crippen LogP contribution in [0.1, 0.15) is 32.6 Å². The third-order valence-corrected chi connectivity index (χ3v) is 1.25. The standard InChI is InChI=1S/C8H15O/c1-2-3-4-5-6-7-8-9/h2-3H,4-8H2,1H3/b3-2-. The first-order valence-corrected chi connectivity index (χ1v) is 3.61. The van der Waals surface area contributed by atoms with E-state index in [4.69, 9.17) is 0 Å². The van der Waals surface area contributed by atoms with Gasteiger partial charge in [-0.15, -0.1) is 0 Å². The maximum absolute atomic E-state index is 9.94. The van der Waals surface area contributed by atoms with Crippen molar-refractivity contribution in [3.8, 4) is 0 Å². The number of allylic oxidation sites excluding steroid dienone is 2. The number of hydrogen-bond acceptors (Lipinski definition) is 0. The van der Waals surface area contributed by atoms with Crippen LogP contribution in [0.5, 0.6) is 0 Å². The summed E-state index contributed by atoms with van der Waals surface area (Å²) in [7, 11) is 0. The van der Waals surface area contributed by atoms with E-state index in [2.05, 4.69) is 12.2 Å². The summed E-state index contributed by atoms with van der Waals surface area (Å²) in [5.41, 5.74) is 0. The second kappa shape index (κ2) is 7.70. The summed E-state index contributed by atoms with van der Waals surface area (Å²) in [6.07, 6.45) is 8.44. The van der Waals surface area contributed by atoms with Crippen molar-refractivity contribution in [1.29, 1.82) is 0 Å². The molecule has 0 atom stereocenters. The number of rotatable bonds is 5. The van der Waals surface area contributed by atoms with Crippen molar-refractivity contribution in [1.82, 2.24) is 0 Å². The molecule has 0 spiro atoms. The van der Waals surface area contributed by atoms with Gasteiger partial charge in [-0.1, -0.05) is 18.6 Å². The van der Waals surface area contributed by atoms with Crippen molar-refractivity contribution in [2.24, 2.45) is 0 Å². The molecule has 0 aliphatic rings. The van der Waals surface area contributed by atoms with Gasteiger partial charge in [-0.05, 0) is 26.2 Å². The van der Waals surface area contributed by atoms with Gasteiger partial charge in [0.05, 0.1) is 6.61 Å². The molecule has 0 amide bonds. The van der Waals surface area contributed by atoms with Crippen molar-refractivity contribution in [2.45, 2.75) is 32.6 Å². The molecule has 0 saturated heterocycles. The van der Waals surface area contributed by atoms with E-state index in [9.17, 15) is 5.11 Å². The fraction of sp³-hybridized carbons (Fsp3) is 0.750. The molecular formula is C8H15O. The zero-order valence-electron chi connectivity index (χ0n) is 6.10. The Morgan fingerprint density at radius 3 is 2.56 bits per heavy atom. The molecule has 0 N–H and O–H groups in total. The fourth-order valence-electron chi connectivity index (χ4n) is 0.708. The van der Waals surface area contributed by atoms with Gasteiger partial charge in [0, 0.05) is 0 Å². The van der Waals surface area contributed by atoms with Crippen molar-refractivity contribution in [2.75, 3.05) is 6.61 Å². The molecule has 0 aliphatic carbocycles. The highest BCUT2D eigenvalue weighted by Gasteiger charge is 1.83. The molecule has 0 unspecified atom stereocenters. The van der Waals surface area contributed by atoms with Crippen molar-refractivity contribution < 1.29 is 5.11 Å². The average Bonchev–Trinajstić information content (AvgIpc) is 1.89. The highest BCUT2D eigenvalue weighted by Crippen LogP contribution is 1.99. The second-order valence-electron chi connectivity index (χ2n) is 2.12. The number of unbranched alkanes of at least 4 members (excludes halogenated alkanes) is 3. The molecule has 0 bridgehead atoms. The van der Waals surface area contributed by atoms with Crippen LogP contribution in [-0.4, -0.2) is 6.61 Å². The lowest BCUT2D eigenvalue weighted by Gasteiger charge is -1.91. The maximum Gasteiger partial charge on any atom is 0.0822 e. The van der Waals surface area contributed by atoms with E-state index in [1.807, 2.05) is 6.92 Å². The van der Waals surface area contributed by atoms with E-state index in [1.54, 1.807) is 0 Å². The molecule has 0 fully saturated rings. The quantitative estimate of drug-likeness (QED) is 0.399. The molecule has 1 heteroatoms. The topological polar surface area (TPSA) is 19.9 Å². The van der Waals surface area contributed by atoms with Gasteiger partial charge in [0.15, 0.2) is 0 Å². The summed E-state index contributed by atoms with van der Waals surface area (Å²) in [5, 5.41) is 9.94. The molecule has 0 saturated carbocycles. The molecular weight excluding hydrogens is 112 g/mol. The van der Waals surface area contributed by atoms with Crippen molar-refractivity contribution in [3.63, 3.8) is 0 Å². The van der Waals surface area contributed by atoms with Crippen molar-refractivity contribution in [3.05, 3.63) is 12.2 Å². The van der Waals surface area contributed by atoms with Gasteiger partial charge in [0.2, 0.25) is 0 Å². The third kappa shape index (κ3) is 7.70. The smallest absolute Gasteiger partial charge is 0.0822 e. The van der Waals surface area contributed by atoms with Crippen LogP contribution in [-0.2, 0) is 5.11 Å². The van der Waals surface area contributed by atoms with Crippen molar-refractivity contribution >= 4 is 0 Å². The maximum atomic E-state index is 9.94. The Kier molecular flexibility index (Phi) is 7.44. The molecule has 0 aliphatic heterocycles. The molecule has 0 aromatic carbocycles. The van der Waals surface area contributed by atoms with Gasteiger partial charge < -0.3 is 0 Å². The van der Waals surface area contributed by atoms with Crippen LogP contribution < -0.4 is 0 Å². The zero-order valence-corrected chi connectivity index (χ0v) is 6.10. The highest BCUT2D eigenvalue weighted by molar-refractivity contribution is 4.75. The van der Waals surface area contributed by atoms with Gasteiger partial charge in [0.25, 0.3) is 0 Å². The highest BCUT2D eigenvalue weighted by atomic mass is 16.2. The van der Waals surface area contributed by atoms with Gasteiger partial charge in [-0.2, -0.15) is 0 Å². The molecule has 53 valence electrons. The minimum absolute atomic E-state index is 0.0931. The second-order valence-corrected chi connectivity index (χ2v) is 2.12. The molecule has 9 heavy (non-hydrogen) atoms. The summed E-state index contributed by atoms with van der Waals surface area (Å²) in [6.45, 7) is 2.11. The Morgan fingerprint density at radius 2 is 2.00 bits per heavy atom. The normalized spacial score (nSPS) is 10.9. The van der Waals surface area contributed by atoms with Gasteiger partial charge in [-0.3, -0.25) is 0 Å². The van der Waals surface area contributed by atoms with Crippen LogP contribution in [0, 0.1) is 0 Å². The fourth-order valence-corrected chi connectivity index (χ4v) is 0.708. The van der Waals surface area contributed by atoms with Crippen LogP contribution in [0.3, 0.4) is 0 Å². The molecule has 0 aromatic heterocycles. The monoisotopic (exact) mass is 127 g/mol. The largest absolute Gasteiger partial charge is 0.237 e. The predicted molar refractivity (Wildman–Crippen MR) is 38.8 cm³/mol. The Balaban J connectivity index is 2.75. The zero-order chi connectivity index (χ0) is 6.95. The average molecular weight is 127 g/mol. The summed E-state index contributed by atoms with van der Waals surface area (Å²) >= 11 is 0. The summed E-state index contributed by atoms with van der Waals surface area (Å²) in [4.78, 5) is 0. The van der Waals surface area contributed by atoms with Gasteiger partial charge in [-0.25, -0.2) is 5.11 Å². The molecule has 0 heterocycles. The summed E-state index contributed by atoms with van der Waals surface area (Å²) in [6, 6.07) is 0. The summed E-state index contributed by atoms with van der Waals surface area (Å²) < 4.78 is 0. The predicted octanol–water partition coefficient (Wildman–Crippen LogP) is 2.55. The Labute approximate surface area is 57.4 Å². The lowest BCUT2D eigenvalue weighted by Crippen LogP contribution is -1.79. The molecule has 0 aromatic rings. The van der Waals surface area contributed by atoms with Crippen LogP contribution in [0.25, 0.3) is 0 Å². The molecule has 0 rings (SSSR count). The van der Waals surface area contributed by atoms with Crippen LogP contribution in [0.4, 0.5) is 0 Å². The van der Waals surface area contributed by atoms with Crippen LogP contribution >= 0.6 is 0 Å². The van der Waals surface area contributed by atoms with Crippen LogP contribution in [0.2, 0.25) is 0 Å². The molecule has 1 radical (unpaired) electrons. The lowest BCUT2D eigenvalue weighted by molar-refractivity contribution is 0.186. The first-order valence-electron chi connectivity index (χ1n) is 3.61. The Morgan fingerprint density at radius 1 is 1.22 bits per heavy atom. The lowest BCUT2D eigenvalue weighted by atomic mass is 10.2. The Bertz CT molecular complexity index is 67.0. The summed E-state index contributed by atoms with van der Waals surface area (Å²) in [5.74, 6) is 0. The SMILES string of the molecule is C/C=C\CCCCC[O]. The van der Waals surface area contributed by atoms with Crippen LogP contribution in [0.15, 0.2) is 12.2 Å². The minimum atomic E-state index is 0.0931.